The number of aromatic nitrogens is 2. The van der Waals surface area contributed by atoms with Crippen LogP contribution in [0.4, 0.5) is 14.6 Å². The molecule has 0 amide bonds. The van der Waals surface area contributed by atoms with Crippen LogP contribution in [0.3, 0.4) is 0 Å². The second kappa shape index (κ2) is 10.8. The molecule has 2 aromatic heterocycles. The van der Waals surface area contributed by atoms with Crippen LogP contribution in [0.5, 0.6) is 0 Å². The van der Waals surface area contributed by atoms with Crippen molar-refractivity contribution >= 4 is 11.8 Å². The van der Waals surface area contributed by atoms with Gasteiger partial charge in [0, 0.05) is 49.1 Å². The lowest BCUT2D eigenvalue weighted by Gasteiger charge is -2.28. The molecule has 2 aromatic rings. The lowest BCUT2D eigenvalue weighted by atomic mass is 9.94. The van der Waals surface area contributed by atoms with Crippen molar-refractivity contribution in [3.63, 3.8) is 0 Å². The Hall–Kier alpha value is -2.61. The molecule has 1 saturated heterocycles. The Kier molecular flexibility index (Phi) is 7.51. The summed E-state index contributed by atoms with van der Waals surface area (Å²) in [6, 6.07) is 5.17. The smallest absolute Gasteiger partial charge is 0.325 e. The Balaban J connectivity index is 1.11. The van der Waals surface area contributed by atoms with Crippen LogP contribution in [-0.2, 0) is 17.6 Å². The number of nitrogens with one attached hydrogen (secondary N) is 1. The lowest BCUT2D eigenvalue weighted by Crippen LogP contribution is -2.36. The van der Waals surface area contributed by atoms with Gasteiger partial charge in [0.1, 0.15) is 11.9 Å². The summed E-state index contributed by atoms with van der Waals surface area (Å²) in [4.78, 5) is 22.8. The van der Waals surface area contributed by atoms with Gasteiger partial charge in [-0.2, -0.15) is 0 Å². The van der Waals surface area contributed by atoms with Crippen molar-refractivity contribution in [2.75, 3.05) is 25.0 Å². The van der Waals surface area contributed by atoms with E-state index in [1.165, 1.54) is 5.56 Å². The number of aliphatic carboxylic acids is 1. The summed E-state index contributed by atoms with van der Waals surface area (Å²) in [5.74, 6) is -3.24. The highest BCUT2D eigenvalue weighted by Crippen LogP contribution is 2.45. The molecule has 194 valence electrons. The summed E-state index contributed by atoms with van der Waals surface area (Å²) in [6.45, 7) is 1.43. The first-order valence-electron chi connectivity index (χ1n) is 13.4. The van der Waals surface area contributed by atoms with Gasteiger partial charge in [0.15, 0.2) is 0 Å². The van der Waals surface area contributed by atoms with Crippen molar-refractivity contribution in [3.05, 3.63) is 53.0 Å². The van der Waals surface area contributed by atoms with Gasteiger partial charge in [-0.05, 0) is 87.1 Å². The van der Waals surface area contributed by atoms with Crippen molar-refractivity contribution in [3.8, 4) is 0 Å². The van der Waals surface area contributed by atoms with E-state index in [9.17, 15) is 9.90 Å². The highest BCUT2D eigenvalue weighted by atomic mass is 19.3. The summed E-state index contributed by atoms with van der Waals surface area (Å²) in [7, 11) is 0. The molecule has 5 rings (SSSR count). The van der Waals surface area contributed by atoms with E-state index < -0.39 is 23.9 Å². The number of anilines is 1. The van der Waals surface area contributed by atoms with Gasteiger partial charge in [-0.3, -0.25) is 14.7 Å². The number of hydrogen-bond donors (Lipinski definition) is 2. The molecule has 6 nitrogen and oxygen atoms in total. The summed E-state index contributed by atoms with van der Waals surface area (Å²) in [5, 5.41) is 13.3. The van der Waals surface area contributed by atoms with Crippen LogP contribution in [0, 0.1) is 5.92 Å². The molecular formula is C28H36F2N4O2. The number of carboxylic acid groups (broad SMARTS) is 1. The largest absolute Gasteiger partial charge is 0.480 e. The predicted octanol–water partition coefficient (Wildman–Crippen LogP) is 5.60. The molecule has 8 heteroatoms. The maximum atomic E-state index is 15.1. The molecule has 2 N–H and O–H groups in total. The van der Waals surface area contributed by atoms with Crippen molar-refractivity contribution in [1.29, 1.82) is 0 Å². The second-order valence-corrected chi connectivity index (χ2v) is 10.7. The molecule has 0 aromatic carbocycles. The number of hydrogen-bond acceptors (Lipinski definition) is 5. The Morgan fingerprint density at radius 1 is 1.19 bits per heavy atom. The number of unbranched alkanes of at least 4 members (excludes halogenated alkanes) is 2. The quantitative estimate of drug-likeness (QED) is 0.393. The fourth-order valence-corrected chi connectivity index (χ4v) is 5.82. The van der Waals surface area contributed by atoms with Gasteiger partial charge in [-0.15, -0.1) is 0 Å². The van der Waals surface area contributed by atoms with E-state index in [2.05, 4.69) is 22.4 Å². The number of alkyl halides is 2. The Morgan fingerprint density at radius 2 is 2.06 bits per heavy atom. The minimum absolute atomic E-state index is 0.106. The molecule has 3 aliphatic rings. The number of rotatable bonds is 11. The van der Waals surface area contributed by atoms with E-state index in [1.807, 2.05) is 6.07 Å². The third-order valence-corrected chi connectivity index (χ3v) is 8.01. The number of likely N-dealkylation sites (tertiary alicyclic amines) is 1. The number of pyridine rings is 2. The van der Waals surface area contributed by atoms with E-state index in [-0.39, 0.29) is 13.0 Å². The number of carboxylic acids is 1. The molecule has 2 atom stereocenters. The molecule has 4 heterocycles. The van der Waals surface area contributed by atoms with Gasteiger partial charge in [0.25, 0.3) is 5.92 Å². The summed E-state index contributed by atoms with van der Waals surface area (Å²) >= 11 is 0. The third-order valence-electron chi connectivity index (χ3n) is 8.01. The Labute approximate surface area is 211 Å². The van der Waals surface area contributed by atoms with Crippen molar-refractivity contribution in [2.24, 2.45) is 5.92 Å². The molecular weight excluding hydrogens is 462 g/mol. The minimum Gasteiger partial charge on any atom is -0.480 e. The zero-order chi connectivity index (χ0) is 25.1. The Morgan fingerprint density at radius 3 is 2.86 bits per heavy atom. The highest BCUT2D eigenvalue weighted by Gasteiger charge is 2.46. The molecule has 2 fully saturated rings. The third kappa shape index (κ3) is 5.69. The highest BCUT2D eigenvalue weighted by molar-refractivity contribution is 5.76. The maximum Gasteiger partial charge on any atom is 0.325 e. The van der Waals surface area contributed by atoms with E-state index in [4.69, 9.17) is 4.98 Å². The zero-order valence-electron chi connectivity index (χ0n) is 20.8. The number of fused-ring (bicyclic) bond motifs is 1. The van der Waals surface area contributed by atoms with Gasteiger partial charge in [0.2, 0.25) is 0 Å². The normalized spacial score (nSPS) is 21.1. The lowest BCUT2D eigenvalue weighted by molar-refractivity contribution is -0.143. The van der Waals surface area contributed by atoms with E-state index in [0.717, 1.165) is 68.6 Å². The van der Waals surface area contributed by atoms with Crippen LogP contribution in [0.25, 0.3) is 0 Å². The van der Waals surface area contributed by atoms with Gasteiger partial charge in [-0.1, -0.05) is 12.5 Å². The second-order valence-electron chi connectivity index (χ2n) is 10.7. The molecule has 0 radical (unpaired) electrons. The predicted molar refractivity (Wildman–Crippen MR) is 134 cm³/mol. The molecule has 1 unspecified atom stereocenters. The van der Waals surface area contributed by atoms with Crippen LogP contribution < -0.4 is 5.32 Å². The minimum atomic E-state index is -2.79. The van der Waals surface area contributed by atoms with Crippen molar-refractivity contribution in [1.82, 2.24) is 14.9 Å². The molecule has 0 bridgehead atoms. The standard InChI is InChI=1S/C28H36F2N4O2/c29-28(30,13-3-1-2-6-22-10-9-20-5-4-14-32-26(20)33-22)21-12-16-34(18-21)25(27(35)36)24-17-31-15-11-23(24)19-7-8-19/h9-11,15,17,19,21,25H,1-8,12-14,16,18H2,(H,32,33)(H,35,36)/t21-,25?/m1/s1. The zero-order valence-corrected chi connectivity index (χ0v) is 20.8. The van der Waals surface area contributed by atoms with Crippen LogP contribution in [-0.4, -0.2) is 51.5 Å². The first-order valence-corrected chi connectivity index (χ1v) is 13.4. The fraction of sp³-hybridized carbons (Fsp3) is 0.607. The summed E-state index contributed by atoms with van der Waals surface area (Å²) < 4.78 is 30.2. The van der Waals surface area contributed by atoms with Crippen molar-refractivity contribution in [2.45, 2.75) is 82.1 Å². The van der Waals surface area contributed by atoms with Gasteiger partial charge >= 0.3 is 5.97 Å². The van der Waals surface area contributed by atoms with E-state index in [1.54, 1.807) is 17.3 Å². The summed E-state index contributed by atoms with van der Waals surface area (Å²) in [6.07, 6.45) is 10.6. The first-order chi connectivity index (χ1) is 17.4. The summed E-state index contributed by atoms with van der Waals surface area (Å²) in [5.41, 5.74) is 3.95. The molecule has 36 heavy (non-hydrogen) atoms. The number of aryl methyl sites for hydroxylation is 2. The molecule has 1 saturated carbocycles. The Bertz CT molecular complexity index is 1080. The van der Waals surface area contributed by atoms with Gasteiger partial charge in [-0.25, -0.2) is 13.8 Å². The van der Waals surface area contributed by atoms with Crippen molar-refractivity contribution < 1.29 is 18.7 Å². The van der Waals surface area contributed by atoms with Crippen LogP contribution in [0.1, 0.15) is 85.7 Å². The SMILES string of the molecule is O=C(O)C(c1cnccc1C1CC1)N1CC[C@@H](C(F)(F)CCCCCc2ccc3c(n2)NCCC3)C1. The fourth-order valence-electron chi connectivity index (χ4n) is 5.82. The molecule has 2 aliphatic heterocycles. The number of carbonyl (C=O) groups is 1. The van der Waals surface area contributed by atoms with Crippen LogP contribution >= 0.6 is 0 Å². The van der Waals surface area contributed by atoms with E-state index in [0.29, 0.717) is 30.9 Å². The van der Waals surface area contributed by atoms with Gasteiger partial charge < -0.3 is 10.4 Å². The average molecular weight is 499 g/mol. The first kappa shape index (κ1) is 25.1. The molecule has 0 spiro atoms. The van der Waals surface area contributed by atoms with Gasteiger partial charge in [0.05, 0.1) is 0 Å². The maximum absolute atomic E-state index is 15.1. The van der Waals surface area contributed by atoms with Crippen LogP contribution in [0.15, 0.2) is 30.6 Å². The van der Waals surface area contributed by atoms with Crippen LogP contribution in [0.2, 0.25) is 0 Å². The average Bonchev–Trinajstić information content (AvgIpc) is 3.60. The number of nitrogens with zero attached hydrogens (tertiary/aromatic N) is 3. The van der Waals surface area contributed by atoms with E-state index >= 15 is 8.78 Å². The topological polar surface area (TPSA) is 78.3 Å². The molecule has 1 aliphatic carbocycles. The number of halogens is 2. The monoisotopic (exact) mass is 498 g/mol.